The van der Waals surface area contributed by atoms with E-state index in [1.807, 2.05) is 54.6 Å². The highest BCUT2D eigenvalue weighted by atomic mass is 35.5. The highest BCUT2D eigenvalue weighted by Crippen LogP contribution is 2.53. The predicted octanol–water partition coefficient (Wildman–Crippen LogP) is 6.85. The molecule has 0 saturated carbocycles. The molecule has 3 aromatic rings. The Morgan fingerprint density at radius 1 is 0.880 bits per heavy atom. The number of hydrogen-bond donors (Lipinski definition) is 0. The highest BCUT2D eigenvalue weighted by Gasteiger charge is 2.33. The molecule has 0 aromatic heterocycles. The number of alkyl halides is 1. The van der Waals surface area contributed by atoms with Crippen LogP contribution in [-0.4, -0.2) is 10.7 Å². The Labute approximate surface area is 160 Å². The van der Waals surface area contributed by atoms with Gasteiger partial charge in [0.2, 0.25) is 0 Å². The Morgan fingerprint density at radius 3 is 2.44 bits per heavy atom. The van der Waals surface area contributed by atoms with E-state index in [1.165, 1.54) is 18.1 Å². The van der Waals surface area contributed by atoms with Gasteiger partial charge in [0.25, 0.3) is 0 Å². The molecule has 0 N–H and O–H groups in total. The zero-order valence-electron chi connectivity index (χ0n) is 13.1. The van der Waals surface area contributed by atoms with E-state index in [-0.39, 0.29) is 0 Å². The molecular weight excluding hydrogens is 371 g/mol. The number of fused-ring (bicyclic) bond motifs is 1. The van der Waals surface area contributed by atoms with Crippen molar-refractivity contribution in [1.29, 1.82) is 0 Å². The molecule has 1 aliphatic heterocycles. The highest BCUT2D eigenvalue weighted by molar-refractivity contribution is 8.02. The molecule has 0 radical (unpaired) electrons. The van der Waals surface area contributed by atoms with Crippen LogP contribution in [0.2, 0.25) is 0 Å². The lowest BCUT2D eigenvalue weighted by Gasteiger charge is -2.39. The first kappa shape index (κ1) is 16.5. The zero-order valence-corrected chi connectivity index (χ0v) is 15.4. The van der Waals surface area contributed by atoms with E-state index in [1.54, 1.807) is 0 Å². The third-order valence-electron chi connectivity index (χ3n) is 3.96. The molecule has 0 saturated heterocycles. The maximum absolute atomic E-state index is 6.97. The van der Waals surface area contributed by atoms with Gasteiger partial charge < -0.3 is 10.3 Å². The monoisotopic (exact) mass is 383 g/mol. The van der Waals surface area contributed by atoms with E-state index in [9.17, 15) is 0 Å². The van der Waals surface area contributed by atoms with Gasteiger partial charge >= 0.3 is 0 Å². The van der Waals surface area contributed by atoms with Gasteiger partial charge in [0.05, 0.1) is 0 Å². The van der Waals surface area contributed by atoms with Crippen LogP contribution in [0, 0.1) is 0 Å². The van der Waals surface area contributed by atoms with Crippen molar-refractivity contribution in [2.45, 2.75) is 9.23 Å². The molecule has 4 rings (SSSR count). The zero-order chi connectivity index (χ0) is 17.3. The minimum atomic E-state index is -1.07. The van der Waals surface area contributed by atoms with E-state index in [2.05, 4.69) is 28.5 Å². The van der Waals surface area contributed by atoms with Crippen LogP contribution in [0.15, 0.2) is 87.8 Å². The van der Waals surface area contributed by atoms with Gasteiger partial charge in [-0.05, 0) is 28.5 Å². The number of benzene rings is 3. The van der Waals surface area contributed by atoms with Gasteiger partial charge in [-0.2, -0.15) is 0 Å². The standard InChI is InChI=1S/C20H13Cl2N2S/c21-19-18(17-12-6-8-14-7-4-5-11-16(14)17)20(22,24-13-23-19)25-15-9-2-1-3-10-15/h1-13H/q-1/t20-/m0/s1. The van der Waals surface area contributed by atoms with Gasteiger partial charge in [0.1, 0.15) is 4.33 Å². The second-order valence-corrected chi connectivity index (χ2v) is 7.94. The first-order valence-electron chi connectivity index (χ1n) is 7.73. The van der Waals surface area contributed by atoms with Crippen molar-refractivity contribution >= 4 is 57.6 Å². The van der Waals surface area contributed by atoms with E-state index in [4.69, 9.17) is 23.2 Å². The first-order chi connectivity index (χ1) is 12.2. The normalized spacial score (nSPS) is 19.9. The van der Waals surface area contributed by atoms with Gasteiger partial charge in [-0.3, -0.25) is 0 Å². The van der Waals surface area contributed by atoms with Crippen LogP contribution < -0.4 is 0 Å². The lowest BCUT2D eigenvalue weighted by Crippen LogP contribution is -2.21. The summed E-state index contributed by atoms with van der Waals surface area (Å²) in [5.74, 6) is 0. The molecule has 0 amide bonds. The summed E-state index contributed by atoms with van der Waals surface area (Å²) in [5.41, 5.74) is 1.66. The molecule has 0 unspecified atom stereocenters. The second-order valence-electron chi connectivity index (χ2n) is 5.54. The SMILES string of the molecule is ClC1=C(c2cccc3ccccc23)[C@@](Cl)(Sc2ccccc2)[N-]C=N1. The molecule has 0 spiro atoms. The van der Waals surface area contributed by atoms with Gasteiger partial charge in [-0.25, -0.2) is 0 Å². The van der Waals surface area contributed by atoms with Crippen molar-refractivity contribution < 1.29 is 0 Å². The molecule has 3 aromatic carbocycles. The van der Waals surface area contributed by atoms with Crippen molar-refractivity contribution in [1.82, 2.24) is 0 Å². The molecule has 2 nitrogen and oxygen atoms in total. The molecule has 1 heterocycles. The van der Waals surface area contributed by atoms with Crippen LogP contribution in [0.5, 0.6) is 0 Å². The smallest absolute Gasteiger partial charge is 0.129 e. The molecular formula is C20H13Cl2N2S-. The molecule has 0 aliphatic carbocycles. The van der Waals surface area contributed by atoms with Gasteiger partial charge in [-0.1, -0.05) is 90.4 Å². The van der Waals surface area contributed by atoms with Crippen LogP contribution in [0.25, 0.3) is 21.7 Å². The van der Waals surface area contributed by atoms with Gasteiger partial charge in [-0.15, -0.1) is 11.6 Å². The first-order valence-corrected chi connectivity index (χ1v) is 9.30. The summed E-state index contributed by atoms with van der Waals surface area (Å²) in [6, 6.07) is 24.1. The topological polar surface area (TPSA) is 26.5 Å². The number of halogens is 2. The number of nitrogens with zero attached hydrogens (tertiary/aromatic N) is 2. The number of thioether (sulfide) groups is 1. The Morgan fingerprint density at radius 2 is 1.60 bits per heavy atom. The van der Waals surface area contributed by atoms with E-state index >= 15 is 0 Å². The predicted molar refractivity (Wildman–Crippen MR) is 109 cm³/mol. The molecule has 25 heavy (non-hydrogen) atoms. The molecule has 124 valence electrons. The fraction of sp³-hybridized carbons (Fsp3) is 0.0500. The van der Waals surface area contributed by atoms with Crippen molar-refractivity contribution in [3.05, 3.63) is 88.8 Å². The minimum absolute atomic E-state index is 0.366. The van der Waals surface area contributed by atoms with Crippen LogP contribution in [0.4, 0.5) is 0 Å². The Kier molecular flexibility index (Phi) is 4.46. The quantitative estimate of drug-likeness (QED) is 0.358. The average Bonchev–Trinajstić information content (AvgIpc) is 2.62. The van der Waals surface area contributed by atoms with E-state index < -0.39 is 4.33 Å². The molecule has 0 fully saturated rings. The van der Waals surface area contributed by atoms with Crippen LogP contribution in [-0.2, 0) is 0 Å². The van der Waals surface area contributed by atoms with Crippen LogP contribution in [0.3, 0.4) is 0 Å². The third kappa shape index (κ3) is 3.15. The molecule has 1 aliphatic rings. The van der Waals surface area contributed by atoms with Crippen LogP contribution >= 0.6 is 35.0 Å². The van der Waals surface area contributed by atoms with Gasteiger partial charge in [0.15, 0.2) is 0 Å². The van der Waals surface area contributed by atoms with Gasteiger partial charge in [0, 0.05) is 15.6 Å². The summed E-state index contributed by atoms with van der Waals surface area (Å²) >= 11 is 14.9. The Hall–Kier alpha value is -1.94. The summed E-state index contributed by atoms with van der Waals surface area (Å²) in [6.45, 7) is 0. The number of aliphatic imine (C=N–C) groups is 1. The third-order valence-corrected chi connectivity index (χ3v) is 5.86. The van der Waals surface area contributed by atoms with Crippen molar-refractivity contribution in [3.8, 4) is 0 Å². The van der Waals surface area contributed by atoms with Crippen molar-refractivity contribution in [2.24, 2.45) is 4.99 Å². The van der Waals surface area contributed by atoms with E-state index in [0.29, 0.717) is 10.7 Å². The molecule has 0 bridgehead atoms. The van der Waals surface area contributed by atoms with Crippen molar-refractivity contribution in [3.63, 3.8) is 0 Å². The van der Waals surface area contributed by atoms with Crippen molar-refractivity contribution in [2.75, 3.05) is 0 Å². The van der Waals surface area contributed by atoms with Crippen LogP contribution in [0.1, 0.15) is 5.56 Å². The maximum Gasteiger partial charge on any atom is 0.129 e. The minimum Gasteiger partial charge on any atom is -0.440 e. The summed E-state index contributed by atoms with van der Waals surface area (Å²) in [5, 5.41) is 7.03. The summed E-state index contributed by atoms with van der Waals surface area (Å²) < 4.78 is -1.07. The number of rotatable bonds is 3. The maximum atomic E-state index is 6.97. The Balaban J connectivity index is 1.88. The fourth-order valence-electron chi connectivity index (χ4n) is 2.85. The number of hydrogen-bond acceptors (Lipinski definition) is 2. The molecule has 5 heteroatoms. The second kappa shape index (κ2) is 6.75. The lowest BCUT2D eigenvalue weighted by atomic mass is 9.98. The summed E-state index contributed by atoms with van der Waals surface area (Å²) in [4.78, 5) is 5.20. The summed E-state index contributed by atoms with van der Waals surface area (Å²) in [6.07, 6.45) is 1.43. The lowest BCUT2D eigenvalue weighted by molar-refractivity contribution is 1.22. The summed E-state index contributed by atoms with van der Waals surface area (Å²) in [7, 11) is 0. The largest absolute Gasteiger partial charge is 0.440 e. The average molecular weight is 384 g/mol. The fourth-order valence-corrected chi connectivity index (χ4v) is 4.76. The van der Waals surface area contributed by atoms with E-state index in [0.717, 1.165) is 21.2 Å². The Bertz CT molecular complexity index is 980. The molecule has 1 atom stereocenters.